The van der Waals surface area contributed by atoms with Crippen LogP contribution < -0.4 is 0 Å². The van der Waals surface area contributed by atoms with Gasteiger partial charge < -0.3 is 9.47 Å². The van der Waals surface area contributed by atoms with Gasteiger partial charge in [-0.15, -0.1) is 0 Å². The molecule has 3 heteroatoms. The third-order valence-corrected chi connectivity index (χ3v) is 3.89. The second-order valence-corrected chi connectivity index (χ2v) is 6.72. The second kappa shape index (κ2) is 16.8. The van der Waals surface area contributed by atoms with E-state index in [1.54, 1.807) is 0 Å². The van der Waals surface area contributed by atoms with Gasteiger partial charge in [-0.3, -0.25) is 0 Å². The summed E-state index contributed by atoms with van der Waals surface area (Å²) in [5, 5.41) is 0. The highest BCUT2D eigenvalue weighted by Gasteiger charge is 2.08. The molecule has 0 saturated carbocycles. The van der Waals surface area contributed by atoms with E-state index in [0.717, 1.165) is 18.4 Å². The zero-order chi connectivity index (χ0) is 18.0. The second-order valence-electron chi connectivity index (χ2n) is 6.72. The SMILES string of the molecule is C=C(C)COCC(=C)C(=O)OCCCCCCCCCCCCC. The minimum Gasteiger partial charge on any atom is -0.462 e. The lowest BCUT2D eigenvalue weighted by Crippen LogP contribution is -2.13. The molecule has 0 spiro atoms. The molecule has 24 heavy (non-hydrogen) atoms. The lowest BCUT2D eigenvalue weighted by Gasteiger charge is -2.08. The summed E-state index contributed by atoms with van der Waals surface area (Å²) in [6.45, 7) is 12.7. The number of esters is 1. The maximum absolute atomic E-state index is 11.7. The molecule has 0 radical (unpaired) electrons. The van der Waals surface area contributed by atoms with Gasteiger partial charge in [0.1, 0.15) is 0 Å². The first-order valence-electron chi connectivity index (χ1n) is 9.65. The van der Waals surface area contributed by atoms with Gasteiger partial charge >= 0.3 is 5.97 Å². The van der Waals surface area contributed by atoms with Crippen LogP contribution in [0.15, 0.2) is 24.3 Å². The molecule has 0 aromatic heterocycles. The fraction of sp³-hybridized carbons (Fsp3) is 0.762. The minimum atomic E-state index is -0.344. The van der Waals surface area contributed by atoms with Crippen molar-refractivity contribution in [1.82, 2.24) is 0 Å². The molecule has 0 atom stereocenters. The normalized spacial score (nSPS) is 10.6. The van der Waals surface area contributed by atoms with Crippen molar-refractivity contribution in [3.63, 3.8) is 0 Å². The van der Waals surface area contributed by atoms with E-state index in [4.69, 9.17) is 9.47 Å². The number of hydrogen-bond donors (Lipinski definition) is 0. The van der Waals surface area contributed by atoms with E-state index in [1.165, 1.54) is 57.8 Å². The van der Waals surface area contributed by atoms with Gasteiger partial charge in [-0.1, -0.05) is 89.9 Å². The molecule has 140 valence electrons. The summed E-state index contributed by atoms with van der Waals surface area (Å²) >= 11 is 0. The van der Waals surface area contributed by atoms with Crippen LogP contribution in [0.4, 0.5) is 0 Å². The van der Waals surface area contributed by atoms with Crippen molar-refractivity contribution >= 4 is 5.97 Å². The topological polar surface area (TPSA) is 35.5 Å². The zero-order valence-corrected chi connectivity index (χ0v) is 16.0. The Balaban J connectivity index is 3.32. The third-order valence-electron chi connectivity index (χ3n) is 3.89. The van der Waals surface area contributed by atoms with Crippen LogP contribution in [0.5, 0.6) is 0 Å². The first-order valence-corrected chi connectivity index (χ1v) is 9.65. The van der Waals surface area contributed by atoms with Crippen molar-refractivity contribution < 1.29 is 14.3 Å². The molecule has 0 aliphatic rings. The number of carbonyl (C=O) groups is 1. The van der Waals surface area contributed by atoms with Gasteiger partial charge in [0.2, 0.25) is 0 Å². The van der Waals surface area contributed by atoms with E-state index < -0.39 is 0 Å². The molecule has 0 unspecified atom stereocenters. The van der Waals surface area contributed by atoms with Crippen molar-refractivity contribution in [3.8, 4) is 0 Å². The molecule has 0 heterocycles. The fourth-order valence-electron chi connectivity index (χ4n) is 2.44. The maximum atomic E-state index is 11.7. The molecule has 0 bridgehead atoms. The van der Waals surface area contributed by atoms with Crippen LogP contribution in [0.1, 0.15) is 84.5 Å². The summed E-state index contributed by atoms with van der Waals surface area (Å²) in [4.78, 5) is 11.7. The summed E-state index contributed by atoms with van der Waals surface area (Å²) in [5.74, 6) is -0.344. The molecule has 0 N–H and O–H groups in total. The largest absolute Gasteiger partial charge is 0.462 e. The van der Waals surface area contributed by atoms with Crippen molar-refractivity contribution in [1.29, 1.82) is 0 Å². The number of unbranched alkanes of at least 4 members (excludes halogenated alkanes) is 10. The van der Waals surface area contributed by atoms with E-state index in [0.29, 0.717) is 18.8 Å². The van der Waals surface area contributed by atoms with Crippen molar-refractivity contribution in [2.75, 3.05) is 19.8 Å². The van der Waals surface area contributed by atoms with Crippen LogP contribution in [0.2, 0.25) is 0 Å². The molecule has 3 nitrogen and oxygen atoms in total. The number of ether oxygens (including phenoxy) is 2. The summed E-state index contributed by atoms with van der Waals surface area (Å²) < 4.78 is 10.5. The van der Waals surface area contributed by atoms with Gasteiger partial charge in [-0.25, -0.2) is 4.79 Å². The van der Waals surface area contributed by atoms with Gasteiger partial charge in [0.05, 0.1) is 25.4 Å². The van der Waals surface area contributed by atoms with Crippen LogP contribution in [-0.4, -0.2) is 25.8 Å². The Bertz CT molecular complexity index is 347. The lowest BCUT2D eigenvalue weighted by molar-refractivity contribution is -0.139. The Labute approximate surface area is 149 Å². The quantitative estimate of drug-likeness (QED) is 0.141. The van der Waals surface area contributed by atoms with Gasteiger partial charge in [0.15, 0.2) is 0 Å². The maximum Gasteiger partial charge on any atom is 0.335 e. The molecular formula is C21H38O3. The van der Waals surface area contributed by atoms with Crippen LogP contribution in [-0.2, 0) is 14.3 Å². The fourth-order valence-corrected chi connectivity index (χ4v) is 2.44. The highest BCUT2D eigenvalue weighted by Crippen LogP contribution is 2.11. The molecule has 0 rings (SSSR count). The third kappa shape index (κ3) is 15.8. The van der Waals surface area contributed by atoms with Crippen molar-refractivity contribution in [2.24, 2.45) is 0 Å². The standard InChI is InChI=1S/C21H38O3/c1-5-6-7-8-9-10-11-12-13-14-15-16-24-21(22)20(4)18-23-17-19(2)3/h2,4-18H2,1,3H3. The van der Waals surface area contributed by atoms with Crippen molar-refractivity contribution in [3.05, 3.63) is 24.3 Å². The average molecular weight is 339 g/mol. The average Bonchev–Trinajstić information content (AvgIpc) is 2.55. The van der Waals surface area contributed by atoms with Gasteiger partial charge in [-0.05, 0) is 13.3 Å². The monoisotopic (exact) mass is 338 g/mol. The molecule has 0 fully saturated rings. The van der Waals surface area contributed by atoms with Gasteiger partial charge in [0.25, 0.3) is 0 Å². The first-order chi connectivity index (χ1) is 11.6. The van der Waals surface area contributed by atoms with E-state index in [1.807, 2.05) is 6.92 Å². The Hall–Kier alpha value is -1.09. The molecule has 0 saturated heterocycles. The summed E-state index contributed by atoms with van der Waals surface area (Å²) in [6, 6.07) is 0. The smallest absolute Gasteiger partial charge is 0.335 e. The van der Waals surface area contributed by atoms with E-state index in [9.17, 15) is 4.79 Å². The van der Waals surface area contributed by atoms with Crippen LogP contribution in [0.25, 0.3) is 0 Å². The highest BCUT2D eigenvalue weighted by molar-refractivity contribution is 5.87. The molecule has 0 aromatic carbocycles. The van der Waals surface area contributed by atoms with Crippen LogP contribution in [0, 0.1) is 0 Å². The zero-order valence-electron chi connectivity index (χ0n) is 16.0. The molecule has 0 aromatic rings. The Morgan fingerprint density at radius 2 is 1.29 bits per heavy atom. The molecule has 0 aliphatic heterocycles. The number of carbonyl (C=O) groups excluding carboxylic acids is 1. The molecule has 0 amide bonds. The summed E-state index contributed by atoms with van der Waals surface area (Å²) in [5.41, 5.74) is 1.30. The van der Waals surface area contributed by atoms with Crippen molar-refractivity contribution in [2.45, 2.75) is 84.5 Å². The summed E-state index contributed by atoms with van der Waals surface area (Å²) in [7, 11) is 0. The Morgan fingerprint density at radius 1 is 0.792 bits per heavy atom. The first kappa shape index (κ1) is 22.9. The Kier molecular flexibility index (Phi) is 16.0. The predicted octanol–water partition coefficient (Wildman–Crippen LogP) is 5.99. The van der Waals surface area contributed by atoms with Gasteiger partial charge in [-0.2, -0.15) is 0 Å². The molecular weight excluding hydrogens is 300 g/mol. The lowest BCUT2D eigenvalue weighted by atomic mass is 10.1. The predicted molar refractivity (Wildman–Crippen MR) is 102 cm³/mol. The van der Waals surface area contributed by atoms with E-state index >= 15 is 0 Å². The van der Waals surface area contributed by atoms with Crippen LogP contribution >= 0.6 is 0 Å². The number of rotatable bonds is 17. The minimum absolute atomic E-state index is 0.212. The van der Waals surface area contributed by atoms with E-state index in [2.05, 4.69) is 20.1 Å². The molecule has 0 aliphatic carbocycles. The number of hydrogen-bond acceptors (Lipinski definition) is 3. The van der Waals surface area contributed by atoms with Crippen LogP contribution in [0.3, 0.4) is 0 Å². The summed E-state index contributed by atoms with van der Waals surface area (Å²) in [6.07, 6.45) is 14.2. The van der Waals surface area contributed by atoms with E-state index in [-0.39, 0.29) is 12.6 Å². The Morgan fingerprint density at radius 3 is 1.79 bits per heavy atom. The van der Waals surface area contributed by atoms with Gasteiger partial charge in [0, 0.05) is 0 Å². The highest BCUT2D eigenvalue weighted by atomic mass is 16.5.